The van der Waals surface area contributed by atoms with Gasteiger partial charge in [-0.05, 0) is 34.1 Å². The third-order valence-corrected chi connectivity index (χ3v) is 3.25. The van der Waals surface area contributed by atoms with Gasteiger partial charge < -0.3 is 10.1 Å². The summed E-state index contributed by atoms with van der Waals surface area (Å²) < 4.78 is 6.79. The zero-order valence-corrected chi connectivity index (χ0v) is 12.6. The maximum Gasteiger partial charge on any atom is 0.223 e. The highest BCUT2D eigenvalue weighted by Crippen LogP contribution is 2.29. The van der Waals surface area contributed by atoms with Gasteiger partial charge in [0.05, 0.1) is 4.47 Å². The monoisotopic (exact) mass is 320 g/mol. The van der Waals surface area contributed by atoms with Gasteiger partial charge in [0.15, 0.2) is 0 Å². The summed E-state index contributed by atoms with van der Waals surface area (Å²) in [6, 6.07) is 12.1. The molecule has 2 aromatic rings. The van der Waals surface area contributed by atoms with Crippen LogP contribution in [0.5, 0.6) is 11.6 Å². The second-order valence-corrected chi connectivity index (χ2v) is 5.39. The van der Waals surface area contributed by atoms with Gasteiger partial charge in [-0.1, -0.05) is 32.0 Å². The second-order valence-electron chi connectivity index (χ2n) is 4.54. The maximum absolute atomic E-state index is 5.87. The van der Waals surface area contributed by atoms with Gasteiger partial charge in [-0.2, -0.15) is 0 Å². The van der Waals surface area contributed by atoms with Crippen molar-refractivity contribution in [1.29, 1.82) is 0 Å². The van der Waals surface area contributed by atoms with Crippen LogP contribution in [-0.2, 0) is 6.54 Å². The van der Waals surface area contributed by atoms with Crippen molar-refractivity contribution in [3.63, 3.8) is 0 Å². The molecule has 19 heavy (non-hydrogen) atoms. The normalized spacial score (nSPS) is 10.7. The Morgan fingerprint density at radius 1 is 1.21 bits per heavy atom. The molecule has 0 radical (unpaired) electrons. The van der Waals surface area contributed by atoms with E-state index in [2.05, 4.69) is 40.1 Å². The molecule has 0 aliphatic heterocycles. The molecular formula is C15H17BrN2O. The van der Waals surface area contributed by atoms with Gasteiger partial charge >= 0.3 is 0 Å². The van der Waals surface area contributed by atoms with Crippen LogP contribution in [0.25, 0.3) is 0 Å². The van der Waals surface area contributed by atoms with E-state index in [0.717, 1.165) is 22.3 Å². The van der Waals surface area contributed by atoms with E-state index < -0.39 is 0 Å². The van der Waals surface area contributed by atoms with E-state index in [1.807, 2.05) is 36.4 Å². The molecular weight excluding hydrogens is 304 g/mol. The Bertz CT molecular complexity index is 543. The molecule has 0 saturated heterocycles. The van der Waals surface area contributed by atoms with Crippen LogP contribution in [0.15, 0.2) is 47.1 Å². The Balaban J connectivity index is 2.18. The number of ether oxygens (including phenoxy) is 1. The minimum Gasteiger partial charge on any atom is -0.438 e. The zero-order chi connectivity index (χ0) is 13.7. The fourth-order valence-corrected chi connectivity index (χ4v) is 1.96. The standard InChI is InChI=1S/C15H17BrN2O/c1-11(2)18-10-12-6-5-9-17-15(12)19-14-8-4-3-7-13(14)16/h3-9,11,18H,10H2,1-2H3. The van der Waals surface area contributed by atoms with Crippen molar-refractivity contribution in [1.82, 2.24) is 10.3 Å². The van der Waals surface area contributed by atoms with Crippen LogP contribution in [0.2, 0.25) is 0 Å². The number of pyridine rings is 1. The maximum atomic E-state index is 5.87. The number of nitrogens with zero attached hydrogens (tertiary/aromatic N) is 1. The van der Waals surface area contributed by atoms with Gasteiger partial charge in [0.1, 0.15) is 5.75 Å². The first kappa shape index (κ1) is 14.0. The predicted molar refractivity (Wildman–Crippen MR) is 80.4 cm³/mol. The van der Waals surface area contributed by atoms with Crippen LogP contribution in [0.4, 0.5) is 0 Å². The van der Waals surface area contributed by atoms with Gasteiger partial charge in [-0.25, -0.2) is 4.98 Å². The lowest BCUT2D eigenvalue weighted by molar-refractivity contribution is 0.447. The van der Waals surface area contributed by atoms with Gasteiger partial charge in [0.2, 0.25) is 5.88 Å². The first-order valence-corrected chi connectivity index (χ1v) is 7.06. The highest BCUT2D eigenvalue weighted by atomic mass is 79.9. The summed E-state index contributed by atoms with van der Waals surface area (Å²) >= 11 is 3.47. The lowest BCUT2D eigenvalue weighted by atomic mass is 10.2. The summed E-state index contributed by atoms with van der Waals surface area (Å²) in [6.07, 6.45) is 1.74. The van der Waals surface area contributed by atoms with Gasteiger partial charge in [-0.3, -0.25) is 0 Å². The number of rotatable bonds is 5. The molecule has 4 heteroatoms. The molecule has 0 bridgehead atoms. The Hall–Kier alpha value is -1.39. The minimum absolute atomic E-state index is 0.427. The molecule has 0 unspecified atom stereocenters. The number of hydrogen-bond donors (Lipinski definition) is 1. The third kappa shape index (κ3) is 4.04. The van der Waals surface area contributed by atoms with Crippen molar-refractivity contribution >= 4 is 15.9 Å². The minimum atomic E-state index is 0.427. The SMILES string of the molecule is CC(C)NCc1cccnc1Oc1ccccc1Br. The molecule has 0 amide bonds. The van der Waals surface area contributed by atoms with Crippen molar-refractivity contribution < 1.29 is 4.74 Å². The molecule has 100 valence electrons. The largest absolute Gasteiger partial charge is 0.438 e. The van der Waals surface area contributed by atoms with E-state index in [1.165, 1.54) is 0 Å². The summed E-state index contributed by atoms with van der Waals surface area (Å²) in [5.41, 5.74) is 1.05. The molecule has 1 aromatic carbocycles. The molecule has 1 N–H and O–H groups in total. The first-order chi connectivity index (χ1) is 9.16. The molecule has 2 rings (SSSR count). The molecule has 0 fully saturated rings. The molecule has 0 aliphatic rings. The molecule has 0 atom stereocenters. The highest BCUT2D eigenvalue weighted by Gasteiger charge is 2.08. The fourth-order valence-electron chi connectivity index (χ4n) is 1.60. The van der Waals surface area contributed by atoms with E-state index in [1.54, 1.807) is 6.20 Å². The third-order valence-electron chi connectivity index (χ3n) is 2.59. The van der Waals surface area contributed by atoms with Crippen LogP contribution in [0, 0.1) is 0 Å². The summed E-state index contributed by atoms with van der Waals surface area (Å²) in [5.74, 6) is 1.41. The Morgan fingerprint density at radius 3 is 2.74 bits per heavy atom. The van der Waals surface area contributed by atoms with Gasteiger partial charge in [0.25, 0.3) is 0 Å². The van der Waals surface area contributed by atoms with E-state index in [0.29, 0.717) is 11.9 Å². The first-order valence-electron chi connectivity index (χ1n) is 6.26. The zero-order valence-electron chi connectivity index (χ0n) is 11.1. The van der Waals surface area contributed by atoms with E-state index in [9.17, 15) is 0 Å². The molecule has 0 aliphatic carbocycles. The van der Waals surface area contributed by atoms with Crippen LogP contribution in [-0.4, -0.2) is 11.0 Å². The highest BCUT2D eigenvalue weighted by molar-refractivity contribution is 9.10. The average molecular weight is 321 g/mol. The van der Waals surface area contributed by atoms with E-state index >= 15 is 0 Å². The van der Waals surface area contributed by atoms with Gasteiger partial charge in [0, 0.05) is 24.3 Å². The Morgan fingerprint density at radius 2 is 2.00 bits per heavy atom. The Labute approximate surface area is 122 Å². The second kappa shape index (κ2) is 6.68. The van der Waals surface area contributed by atoms with Crippen molar-refractivity contribution in [2.24, 2.45) is 0 Å². The number of halogens is 1. The molecule has 0 saturated carbocycles. The number of benzene rings is 1. The lowest BCUT2D eigenvalue weighted by Gasteiger charge is -2.13. The van der Waals surface area contributed by atoms with E-state index in [4.69, 9.17) is 4.74 Å². The average Bonchev–Trinajstić information content (AvgIpc) is 2.40. The van der Waals surface area contributed by atoms with Crippen LogP contribution in [0.1, 0.15) is 19.4 Å². The number of aromatic nitrogens is 1. The van der Waals surface area contributed by atoms with Crippen molar-refractivity contribution in [2.75, 3.05) is 0 Å². The summed E-state index contributed by atoms with van der Waals surface area (Å²) in [4.78, 5) is 4.31. The molecule has 1 heterocycles. The summed E-state index contributed by atoms with van der Waals surface area (Å²) in [5, 5.41) is 3.37. The van der Waals surface area contributed by atoms with Crippen molar-refractivity contribution in [2.45, 2.75) is 26.4 Å². The molecule has 0 spiro atoms. The number of hydrogen-bond acceptors (Lipinski definition) is 3. The molecule has 1 aromatic heterocycles. The van der Waals surface area contributed by atoms with Crippen molar-refractivity contribution in [3.8, 4) is 11.6 Å². The topological polar surface area (TPSA) is 34.2 Å². The number of nitrogens with one attached hydrogen (secondary N) is 1. The smallest absolute Gasteiger partial charge is 0.223 e. The summed E-state index contributed by atoms with van der Waals surface area (Å²) in [7, 11) is 0. The summed E-state index contributed by atoms with van der Waals surface area (Å²) in [6.45, 7) is 4.97. The molecule has 3 nitrogen and oxygen atoms in total. The quantitative estimate of drug-likeness (QED) is 0.899. The van der Waals surface area contributed by atoms with Crippen LogP contribution < -0.4 is 10.1 Å². The van der Waals surface area contributed by atoms with Gasteiger partial charge in [-0.15, -0.1) is 0 Å². The van der Waals surface area contributed by atoms with Crippen LogP contribution in [0.3, 0.4) is 0 Å². The lowest BCUT2D eigenvalue weighted by Crippen LogP contribution is -2.22. The predicted octanol–water partition coefficient (Wildman–Crippen LogP) is 4.13. The fraction of sp³-hybridized carbons (Fsp3) is 0.267. The van der Waals surface area contributed by atoms with Crippen molar-refractivity contribution in [3.05, 3.63) is 52.6 Å². The Kier molecular flexibility index (Phi) is 4.93. The van der Waals surface area contributed by atoms with E-state index in [-0.39, 0.29) is 0 Å². The number of para-hydroxylation sites is 1. The van der Waals surface area contributed by atoms with Crippen LogP contribution >= 0.6 is 15.9 Å².